The van der Waals surface area contributed by atoms with Gasteiger partial charge in [-0.1, -0.05) is 48.0 Å². The number of alkyl halides is 3. The minimum absolute atomic E-state index is 0.102. The Balaban J connectivity index is 0.000000380. The molecule has 1 fully saturated rings. The molecule has 2 atom stereocenters. The molecule has 0 bridgehead atoms. The molecule has 32 heavy (non-hydrogen) atoms. The van der Waals surface area contributed by atoms with Gasteiger partial charge in [-0.3, -0.25) is 4.79 Å². The van der Waals surface area contributed by atoms with Crippen molar-refractivity contribution < 1.29 is 22.7 Å². The standard InChI is InChI=1S/C19H16ClF3O.C6H13NO/c1-12-7-16(10-17(20)8-12)18(19(21,22)23)6-4-14-3-5-15(11-24)13(2)9-14;1-7-4-6-2-3-8-5-6/h3-11,18H,1-2H3;6-7H,2-5H2,1H3/b6-4+;. The number of rotatable bonds is 6. The van der Waals surface area contributed by atoms with E-state index >= 15 is 0 Å². The molecule has 1 saturated heterocycles. The Morgan fingerprint density at radius 3 is 2.50 bits per heavy atom. The summed E-state index contributed by atoms with van der Waals surface area (Å²) in [5, 5.41) is 3.41. The first-order valence-corrected chi connectivity index (χ1v) is 10.8. The van der Waals surface area contributed by atoms with Crippen LogP contribution in [0.15, 0.2) is 42.5 Å². The van der Waals surface area contributed by atoms with Crippen LogP contribution < -0.4 is 5.32 Å². The van der Waals surface area contributed by atoms with Crippen molar-refractivity contribution in [3.63, 3.8) is 0 Å². The zero-order valence-corrected chi connectivity index (χ0v) is 19.3. The van der Waals surface area contributed by atoms with Crippen molar-refractivity contribution in [2.75, 3.05) is 26.8 Å². The van der Waals surface area contributed by atoms with E-state index in [-0.39, 0.29) is 10.6 Å². The molecule has 0 amide bonds. The van der Waals surface area contributed by atoms with Gasteiger partial charge in [-0.05, 0) is 74.2 Å². The molecule has 1 aliphatic rings. The number of ether oxygens (including phenoxy) is 1. The van der Waals surface area contributed by atoms with Crippen LogP contribution in [-0.4, -0.2) is 39.3 Å². The maximum absolute atomic E-state index is 13.4. The highest BCUT2D eigenvalue weighted by atomic mass is 35.5. The van der Waals surface area contributed by atoms with Crippen molar-refractivity contribution in [3.05, 3.63) is 75.3 Å². The Kier molecular flexibility index (Phi) is 9.94. The number of aryl methyl sites for hydroxylation is 2. The van der Waals surface area contributed by atoms with E-state index in [1.165, 1.54) is 24.6 Å². The number of halogens is 4. The number of benzene rings is 2. The minimum Gasteiger partial charge on any atom is -0.381 e. The Morgan fingerprint density at radius 2 is 1.97 bits per heavy atom. The zero-order valence-electron chi connectivity index (χ0n) is 18.5. The number of aldehydes is 1. The van der Waals surface area contributed by atoms with Crippen molar-refractivity contribution in [2.24, 2.45) is 5.92 Å². The first-order valence-electron chi connectivity index (χ1n) is 10.4. The molecular formula is C25H29ClF3NO2. The fourth-order valence-corrected chi connectivity index (χ4v) is 3.83. The lowest BCUT2D eigenvalue weighted by Gasteiger charge is -2.18. The van der Waals surface area contributed by atoms with Gasteiger partial charge in [-0.25, -0.2) is 0 Å². The zero-order chi connectivity index (χ0) is 23.7. The molecule has 1 aliphatic heterocycles. The summed E-state index contributed by atoms with van der Waals surface area (Å²) in [5.74, 6) is -0.971. The molecule has 1 heterocycles. The molecule has 2 aromatic rings. The number of nitrogens with one attached hydrogen (secondary N) is 1. The first kappa shape index (κ1) is 26.1. The van der Waals surface area contributed by atoms with Crippen LogP contribution in [0.25, 0.3) is 6.08 Å². The Labute approximate surface area is 192 Å². The highest BCUT2D eigenvalue weighted by Gasteiger charge is 2.39. The Morgan fingerprint density at radius 1 is 1.22 bits per heavy atom. The number of hydrogen-bond donors (Lipinski definition) is 1. The lowest BCUT2D eigenvalue weighted by molar-refractivity contribution is -0.139. The summed E-state index contributed by atoms with van der Waals surface area (Å²) in [6.07, 6.45) is 0.0543. The highest BCUT2D eigenvalue weighted by molar-refractivity contribution is 6.30. The van der Waals surface area contributed by atoms with E-state index < -0.39 is 12.1 Å². The second kappa shape index (κ2) is 12.2. The van der Waals surface area contributed by atoms with Gasteiger partial charge in [0.25, 0.3) is 0 Å². The molecular weight excluding hydrogens is 439 g/mol. The van der Waals surface area contributed by atoms with Crippen molar-refractivity contribution in [1.29, 1.82) is 0 Å². The van der Waals surface area contributed by atoms with Gasteiger partial charge >= 0.3 is 6.18 Å². The van der Waals surface area contributed by atoms with E-state index in [9.17, 15) is 18.0 Å². The van der Waals surface area contributed by atoms with Gasteiger partial charge < -0.3 is 10.1 Å². The fourth-order valence-electron chi connectivity index (χ4n) is 3.53. The number of carbonyl (C=O) groups is 1. The summed E-state index contributed by atoms with van der Waals surface area (Å²) >= 11 is 5.89. The molecule has 7 heteroatoms. The van der Waals surface area contributed by atoms with Gasteiger partial charge in [0.15, 0.2) is 0 Å². The van der Waals surface area contributed by atoms with Gasteiger partial charge in [0, 0.05) is 17.2 Å². The van der Waals surface area contributed by atoms with E-state index in [1.54, 1.807) is 38.1 Å². The van der Waals surface area contributed by atoms with Gasteiger partial charge in [0.1, 0.15) is 6.29 Å². The largest absolute Gasteiger partial charge is 0.399 e. The third-order valence-corrected chi connectivity index (χ3v) is 5.41. The second-order valence-corrected chi connectivity index (χ2v) is 8.40. The summed E-state index contributed by atoms with van der Waals surface area (Å²) in [6.45, 7) is 6.48. The maximum atomic E-state index is 13.4. The number of allylic oxidation sites excluding steroid dienone is 1. The topological polar surface area (TPSA) is 38.3 Å². The molecule has 3 nitrogen and oxygen atoms in total. The normalized spacial score (nSPS) is 17.2. The lowest BCUT2D eigenvalue weighted by Crippen LogP contribution is -2.19. The summed E-state index contributed by atoms with van der Waals surface area (Å²) in [5.41, 5.74) is 2.61. The maximum Gasteiger partial charge on any atom is 0.399 e. The van der Waals surface area contributed by atoms with Crippen LogP contribution in [0.1, 0.15) is 45.0 Å². The van der Waals surface area contributed by atoms with Crippen molar-refractivity contribution in [1.82, 2.24) is 5.32 Å². The van der Waals surface area contributed by atoms with Crippen molar-refractivity contribution in [2.45, 2.75) is 32.4 Å². The van der Waals surface area contributed by atoms with Crippen LogP contribution in [0, 0.1) is 19.8 Å². The van der Waals surface area contributed by atoms with E-state index in [0.717, 1.165) is 38.0 Å². The second-order valence-electron chi connectivity index (χ2n) is 7.96. The van der Waals surface area contributed by atoms with E-state index in [2.05, 4.69) is 5.32 Å². The number of hydrogen-bond acceptors (Lipinski definition) is 3. The summed E-state index contributed by atoms with van der Waals surface area (Å²) < 4.78 is 45.5. The minimum atomic E-state index is -4.43. The summed E-state index contributed by atoms with van der Waals surface area (Å²) in [4.78, 5) is 10.8. The molecule has 1 N–H and O–H groups in total. The predicted octanol–water partition coefficient (Wildman–Crippen LogP) is 6.37. The van der Waals surface area contributed by atoms with E-state index in [4.69, 9.17) is 16.3 Å². The Hall–Kier alpha value is -2.15. The van der Waals surface area contributed by atoms with Crippen molar-refractivity contribution >= 4 is 24.0 Å². The third kappa shape index (κ3) is 8.08. The van der Waals surface area contributed by atoms with Crippen LogP contribution >= 0.6 is 11.6 Å². The SMILES string of the molecule is CNCC1CCOC1.Cc1cc(Cl)cc(C(/C=C/c2ccc(C=O)c(C)c2)C(F)(F)F)c1. The van der Waals surface area contributed by atoms with Crippen LogP contribution in [0.5, 0.6) is 0 Å². The molecule has 0 spiro atoms. The van der Waals surface area contributed by atoms with E-state index in [0.29, 0.717) is 22.3 Å². The smallest absolute Gasteiger partial charge is 0.381 e. The molecule has 2 unspecified atom stereocenters. The average Bonchev–Trinajstić information content (AvgIpc) is 3.21. The number of carbonyl (C=O) groups excluding carboxylic acids is 1. The molecule has 2 aromatic carbocycles. The first-order chi connectivity index (χ1) is 15.1. The van der Waals surface area contributed by atoms with E-state index in [1.807, 2.05) is 7.05 Å². The quantitative estimate of drug-likeness (QED) is 0.501. The monoisotopic (exact) mass is 467 g/mol. The molecule has 0 radical (unpaired) electrons. The van der Waals surface area contributed by atoms with Crippen LogP contribution in [0.2, 0.25) is 5.02 Å². The third-order valence-electron chi connectivity index (χ3n) is 5.19. The van der Waals surface area contributed by atoms with Crippen LogP contribution in [0.4, 0.5) is 13.2 Å². The summed E-state index contributed by atoms with van der Waals surface area (Å²) in [6, 6.07) is 9.31. The van der Waals surface area contributed by atoms with Gasteiger partial charge in [0.05, 0.1) is 12.5 Å². The summed E-state index contributed by atoms with van der Waals surface area (Å²) in [7, 11) is 1.98. The van der Waals surface area contributed by atoms with Crippen LogP contribution in [-0.2, 0) is 4.74 Å². The molecule has 0 saturated carbocycles. The average molecular weight is 468 g/mol. The van der Waals surface area contributed by atoms with Gasteiger partial charge in [0.2, 0.25) is 0 Å². The van der Waals surface area contributed by atoms with Crippen LogP contribution in [0.3, 0.4) is 0 Å². The molecule has 3 rings (SSSR count). The fraction of sp³-hybridized carbons (Fsp3) is 0.400. The molecule has 0 aliphatic carbocycles. The van der Waals surface area contributed by atoms with Gasteiger partial charge in [-0.15, -0.1) is 0 Å². The van der Waals surface area contributed by atoms with Crippen molar-refractivity contribution in [3.8, 4) is 0 Å². The molecule has 0 aromatic heterocycles. The molecule has 174 valence electrons. The highest BCUT2D eigenvalue weighted by Crippen LogP contribution is 2.37. The Bertz CT molecular complexity index is 902. The lowest BCUT2D eigenvalue weighted by atomic mass is 9.95. The predicted molar refractivity (Wildman–Crippen MR) is 123 cm³/mol. The van der Waals surface area contributed by atoms with Gasteiger partial charge in [-0.2, -0.15) is 13.2 Å².